The summed E-state index contributed by atoms with van der Waals surface area (Å²) in [5.74, 6) is 1.59. The van der Waals surface area contributed by atoms with Crippen molar-refractivity contribution in [1.82, 2.24) is 9.97 Å². The molecule has 0 aliphatic rings. The molecule has 0 spiro atoms. The number of nitrogens with zero attached hydrogens (tertiary/aromatic N) is 2. The molecule has 0 bridgehead atoms. The lowest BCUT2D eigenvalue weighted by Gasteiger charge is -2.12. The van der Waals surface area contributed by atoms with E-state index >= 15 is 0 Å². The minimum absolute atomic E-state index is 0.794. The molecule has 2 aromatic heterocycles. The molecular weight excluding hydrogens is 252 g/mol. The van der Waals surface area contributed by atoms with Gasteiger partial charge in [0.2, 0.25) is 0 Å². The van der Waals surface area contributed by atoms with E-state index in [0.29, 0.717) is 0 Å². The fraction of sp³-hybridized carbons (Fsp3) is 0.250. The normalized spacial score (nSPS) is 11.0. The molecule has 0 radical (unpaired) electrons. The Kier molecular flexibility index (Phi) is 2.93. The Hall–Kier alpha value is -2.36. The van der Waals surface area contributed by atoms with E-state index in [9.17, 15) is 0 Å². The van der Waals surface area contributed by atoms with Crippen LogP contribution in [0.15, 0.2) is 24.3 Å². The van der Waals surface area contributed by atoms with E-state index in [0.717, 1.165) is 44.7 Å². The van der Waals surface area contributed by atoms with Gasteiger partial charge in [-0.1, -0.05) is 0 Å². The van der Waals surface area contributed by atoms with Gasteiger partial charge >= 0.3 is 0 Å². The van der Waals surface area contributed by atoms with Gasteiger partial charge in [0.1, 0.15) is 11.5 Å². The molecule has 3 aromatic rings. The number of aryl methyl sites for hydroxylation is 2. The zero-order valence-electron chi connectivity index (χ0n) is 12.0. The van der Waals surface area contributed by atoms with E-state index in [2.05, 4.69) is 9.97 Å². The first-order chi connectivity index (χ1) is 9.63. The summed E-state index contributed by atoms with van der Waals surface area (Å²) in [6, 6.07) is 7.81. The maximum absolute atomic E-state index is 5.52. The Labute approximate surface area is 117 Å². The lowest BCUT2D eigenvalue weighted by molar-refractivity contribution is 0.415. The van der Waals surface area contributed by atoms with Crippen LogP contribution in [0.25, 0.3) is 21.8 Å². The highest BCUT2D eigenvalue weighted by Crippen LogP contribution is 2.37. The van der Waals surface area contributed by atoms with E-state index in [-0.39, 0.29) is 0 Å². The summed E-state index contributed by atoms with van der Waals surface area (Å²) in [5.41, 5.74) is 3.62. The van der Waals surface area contributed by atoms with Gasteiger partial charge in [-0.2, -0.15) is 0 Å². The third-order valence-corrected chi connectivity index (χ3v) is 3.37. The van der Waals surface area contributed by atoms with Crippen LogP contribution in [-0.4, -0.2) is 24.2 Å². The second-order valence-corrected chi connectivity index (χ2v) is 4.79. The van der Waals surface area contributed by atoms with Crippen molar-refractivity contribution in [3.05, 3.63) is 35.7 Å². The number of hydrogen-bond acceptors (Lipinski definition) is 4. The van der Waals surface area contributed by atoms with Crippen LogP contribution in [0.3, 0.4) is 0 Å². The quantitative estimate of drug-likeness (QED) is 0.668. The molecular formula is C16H16N2O2. The van der Waals surface area contributed by atoms with Gasteiger partial charge in [-0.3, -0.25) is 9.97 Å². The van der Waals surface area contributed by atoms with Crippen molar-refractivity contribution < 1.29 is 9.47 Å². The van der Waals surface area contributed by atoms with Gasteiger partial charge in [0.25, 0.3) is 0 Å². The monoisotopic (exact) mass is 268 g/mol. The third kappa shape index (κ3) is 1.84. The molecule has 20 heavy (non-hydrogen) atoms. The van der Waals surface area contributed by atoms with Crippen molar-refractivity contribution in [2.45, 2.75) is 13.8 Å². The maximum Gasteiger partial charge on any atom is 0.130 e. The van der Waals surface area contributed by atoms with Gasteiger partial charge in [0.05, 0.1) is 36.0 Å². The number of aromatic nitrogens is 2. The van der Waals surface area contributed by atoms with Gasteiger partial charge in [-0.25, -0.2) is 0 Å². The highest BCUT2D eigenvalue weighted by Gasteiger charge is 2.14. The Morgan fingerprint density at radius 2 is 1.15 bits per heavy atom. The Bertz CT molecular complexity index is 744. The molecule has 102 valence electrons. The molecule has 3 rings (SSSR count). The number of ether oxygens (including phenoxy) is 2. The largest absolute Gasteiger partial charge is 0.496 e. The summed E-state index contributed by atoms with van der Waals surface area (Å²) in [5, 5.41) is 1.89. The van der Waals surface area contributed by atoms with Crippen molar-refractivity contribution in [3.63, 3.8) is 0 Å². The highest BCUT2D eigenvalue weighted by molar-refractivity contribution is 6.11. The topological polar surface area (TPSA) is 44.2 Å². The van der Waals surface area contributed by atoms with Gasteiger partial charge < -0.3 is 9.47 Å². The molecule has 0 unspecified atom stereocenters. The third-order valence-electron chi connectivity index (χ3n) is 3.37. The fourth-order valence-corrected chi connectivity index (χ4v) is 2.56. The minimum Gasteiger partial charge on any atom is -0.496 e. The van der Waals surface area contributed by atoms with Crippen molar-refractivity contribution in [2.24, 2.45) is 0 Å². The van der Waals surface area contributed by atoms with Crippen molar-refractivity contribution in [2.75, 3.05) is 14.2 Å². The minimum atomic E-state index is 0.794. The second kappa shape index (κ2) is 4.63. The lowest BCUT2D eigenvalue weighted by atomic mass is 10.1. The van der Waals surface area contributed by atoms with Crippen LogP contribution in [-0.2, 0) is 0 Å². The zero-order chi connectivity index (χ0) is 14.3. The molecule has 4 nitrogen and oxygen atoms in total. The standard InChI is InChI=1S/C16H16N2O2/c1-9-7-13(19-3)15-11(17-9)5-6-12-16(15)14(20-4)8-10(2)18-12/h5-8H,1-4H3. The molecule has 0 fully saturated rings. The van der Waals surface area contributed by atoms with E-state index in [1.807, 2.05) is 38.1 Å². The summed E-state index contributed by atoms with van der Waals surface area (Å²) < 4.78 is 11.0. The highest BCUT2D eigenvalue weighted by atomic mass is 16.5. The van der Waals surface area contributed by atoms with E-state index in [1.165, 1.54) is 0 Å². The molecule has 0 atom stereocenters. The maximum atomic E-state index is 5.52. The molecule has 1 aromatic carbocycles. The Morgan fingerprint density at radius 3 is 1.50 bits per heavy atom. The lowest BCUT2D eigenvalue weighted by Crippen LogP contribution is -1.95. The summed E-state index contributed by atoms with van der Waals surface area (Å²) in [6.45, 7) is 3.91. The van der Waals surface area contributed by atoms with Crippen LogP contribution >= 0.6 is 0 Å². The second-order valence-electron chi connectivity index (χ2n) is 4.79. The number of benzene rings is 1. The molecule has 2 heterocycles. The van der Waals surface area contributed by atoms with Gasteiger partial charge in [0, 0.05) is 23.5 Å². The average Bonchev–Trinajstić information content (AvgIpc) is 2.44. The van der Waals surface area contributed by atoms with E-state index in [4.69, 9.17) is 9.47 Å². The van der Waals surface area contributed by atoms with Crippen molar-refractivity contribution >= 4 is 21.8 Å². The van der Waals surface area contributed by atoms with Gasteiger partial charge in [-0.15, -0.1) is 0 Å². The average molecular weight is 268 g/mol. The Balaban J connectivity index is 2.57. The summed E-state index contributed by atoms with van der Waals surface area (Å²) in [7, 11) is 3.34. The first kappa shape index (κ1) is 12.7. The number of fused-ring (bicyclic) bond motifs is 3. The summed E-state index contributed by atoms with van der Waals surface area (Å²) in [6.07, 6.45) is 0. The summed E-state index contributed by atoms with van der Waals surface area (Å²) in [4.78, 5) is 9.14. The SMILES string of the molecule is COc1cc(C)nc2ccc3nc(C)cc(OC)c3c12. The van der Waals surface area contributed by atoms with Gasteiger partial charge in [0.15, 0.2) is 0 Å². The van der Waals surface area contributed by atoms with Crippen molar-refractivity contribution in [3.8, 4) is 11.5 Å². The predicted molar refractivity (Wildman–Crippen MR) is 79.6 cm³/mol. The Morgan fingerprint density at radius 1 is 0.750 bits per heavy atom. The fourth-order valence-electron chi connectivity index (χ4n) is 2.56. The number of rotatable bonds is 2. The molecule has 0 amide bonds. The van der Waals surface area contributed by atoms with Gasteiger partial charge in [-0.05, 0) is 26.0 Å². The van der Waals surface area contributed by atoms with E-state index in [1.54, 1.807) is 14.2 Å². The molecule has 0 aliphatic heterocycles. The predicted octanol–water partition coefficient (Wildman–Crippen LogP) is 3.42. The number of hydrogen-bond donors (Lipinski definition) is 0. The van der Waals surface area contributed by atoms with E-state index < -0.39 is 0 Å². The van der Waals surface area contributed by atoms with Crippen LogP contribution in [0.1, 0.15) is 11.4 Å². The summed E-state index contributed by atoms with van der Waals surface area (Å²) >= 11 is 0. The van der Waals surface area contributed by atoms with Crippen molar-refractivity contribution in [1.29, 1.82) is 0 Å². The molecule has 0 saturated heterocycles. The van der Waals surface area contributed by atoms with Crippen LogP contribution < -0.4 is 9.47 Å². The zero-order valence-corrected chi connectivity index (χ0v) is 12.0. The smallest absolute Gasteiger partial charge is 0.130 e. The number of pyridine rings is 2. The van der Waals surface area contributed by atoms with Crippen LogP contribution in [0.4, 0.5) is 0 Å². The van der Waals surface area contributed by atoms with Crippen LogP contribution in [0, 0.1) is 13.8 Å². The molecule has 0 aliphatic carbocycles. The molecule has 0 N–H and O–H groups in total. The number of methoxy groups -OCH3 is 2. The van der Waals surface area contributed by atoms with Crippen LogP contribution in [0.2, 0.25) is 0 Å². The first-order valence-electron chi connectivity index (χ1n) is 6.43. The molecule has 0 saturated carbocycles. The van der Waals surface area contributed by atoms with Crippen LogP contribution in [0.5, 0.6) is 11.5 Å². The molecule has 4 heteroatoms. The first-order valence-corrected chi connectivity index (χ1v) is 6.43.